The molecule has 0 unspecified atom stereocenters. The van der Waals surface area contributed by atoms with Gasteiger partial charge in [-0.2, -0.15) is 10.2 Å². The van der Waals surface area contributed by atoms with Crippen molar-refractivity contribution in [2.45, 2.75) is 13.8 Å². The Morgan fingerprint density at radius 2 is 1.93 bits per heavy atom. The average Bonchev–Trinajstić information content (AvgIpc) is 2.17. The van der Waals surface area contributed by atoms with Crippen molar-refractivity contribution in [3.05, 3.63) is 12.3 Å². The quantitative estimate of drug-likeness (QED) is 0.510. The molecule has 0 aliphatic carbocycles. The molecule has 14 heavy (non-hydrogen) atoms. The van der Waals surface area contributed by atoms with E-state index >= 15 is 0 Å². The smallest absolute Gasteiger partial charge is 0.353 e. The van der Waals surface area contributed by atoms with E-state index in [9.17, 15) is 4.79 Å². The molecule has 0 saturated carbocycles. The van der Waals surface area contributed by atoms with Crippen molar-refractivity contribution < 1.29 is 9.53 Å². The van der Waals surface area contributed by atoms with Gasteiger partial charge in [0.05, 0.1) is 0 Å². The van der Waals surface area contributed by atoms with Crippen LogP contribution in [0.2, 0.25) is 0 Å². The van der Waals surface area contributed by atoms with Gasteiger partial charge in [-0.1, -0.05) is 20.4 Å². The molecule has 0 atom stereocenters. The monoisotopic (exact) mass is 220 g/mol. The Kier molecular flexibility index (Phi) is 5.64. The highest BCUT2D eigenvalue weighted by atomic mass is 32.3. The summed E-state index contributed by atoms with van der Waals surface area (Å²) in [6.45, 7) is 7.74. The highest BCUT2D eigenvalue weighted by Gasteiger charge is 2.14. The van der Waals surface area contributed by atoms with Crippen LogP contribution in [0.25, 0.3) is 0 Å². The van der Waals surface area contributed by atoms with Gasteiger partial charge < -0.3 is 10.5 Å². The van der Waals surface area contributed by atoms with Gasteiger partial charge >= 0.3 is 5.97 Å². The van der Waals surface area contributed by atoms with Gasteiger partial charge in [-0.05, 0) is 11.5 Å². The first-order valence-corrected chi connectivity index (χ1v) is 6.81. The van der Waals surface area contributed by atoms with E-state index in [0.29, 0.717) is 6.61 Å². The Morgan fingerprint density at radius 3 is 2.29 bits per heavy atom. The summed E-state index contributed by atoms with van der Waals surface area (Å²) in [6.07, 6.45) is 0. The first-order chi connectivity index (χ1) is 6.45. The van der Waals surface area contributed by atoms with Crippen LogP contribution < -0.4 is 10.9 Å². The second-order valence-electron chi connectivity index (χ2n) is 3.06. The number of rotatable bonds is 6. The summed E-state index contributed by atoms with van der Waals surface area (Å²) in [7, 11) is -1.08. The van der Waals surface area contributed by atoms with Gasteiger partial charge in [0.15, 0.2) is 0 Å². The molecule has 0 aliphatic heterocycles. The molecule has 5 heteroatoms. The standard InChI is InChI=1S/C9H20N2O2S/c1-4-14(11,5-2)7-6-13-9(12)8(3)10/h3-7,10-11H2,1-2H3. The van der Waals surface area contributed by atoms with Crippen LogP contribution in [-0.4, -0.2) is 29.8 Å². The number of esters is 1. The number of hydrogen-bond donors (Lipinski definition) is 2. The number of nitrogens with two attached hydrogens (primary N) is 2. The molecule has 0 saturated heterocycles. The van der Waals surface area contributed by atoms with Crippen LogP contribution in [0.5, 0.6) is 0 Å². The molecule has 84 valence electrons. The Bertz CT molecular complexity index is 215. The van der Waals surface area contributed by atoms with Crippen molar-refractivity contribution in [3.63, 3.8) is 0 Å². The van der Waals surface area contributed by atoms with Crippen LogP contribution in [0, 0.1) is 0 Å². The fraction of sp³-hybridized carbons (Fsp3) is 0.667. The molecule has 0 radical (unpaired) electrons. The zero-order valence-electron chi connectivity index (χ0n) is 8.91. The number of ether oxygens (including phenoxy) is 1. The van der Waals surface area contributed by atoms with Crippen LogP contribution in [0.15, 0.2) is 12.3 Å². The van der Waals surface area contributed by atoms with Gasteiger partial charge in [0.25, 0.3) is 0 Å². The highest BCUT2D eigenvalue weighted by molar-refractivity contribution is 8.31. The highest BCUT2D eigenvalue weighted by Crippen LogP contribution is 2.37. The third kappa shape index (κ3) is 4.53. The molecule has 0 aromatic carbocycles. The summed E-state index contributed by atoms with van der Waals surface area (Å²) in [5.41, 5.74) is 5.10. The molecule has 4 N–H and O–H groups in total. The summed E-state index contributed by atoms with van der Waals surface area (Å²) in [6, 6.07) is 0. The van der Waals surface area contributed by atoms with Crippen molar-refractivity contribution in [3.8, 4) is 0 Å². The van der Waals surface area contributed by atoms with E-state index in [2.05, 4.69) is 20.4 Å². The third-order valence-corrected chi connectivity index (χ3v) is 5.41. The van der Waals surface area contributed by atoms with Crippen molar-refractivity contribution >= 4 is 16.2 Å². The molecule has 0 aromatic heterocycles. The predicted octanol–water partition coefficient (Wildman–Crippen LogP) is 0.720. The van der Waals surface area contributed by atoms with Crippen LogP contribution in [0.3, 0.4) is 0 Å². The van der Waals surface area contributed by atoms with Crippen molar-refractivity contribution in [1.82, 2.24) is 0 Å². The molecule has 0 rings (SSSR count). The van der Waals surface area contributed by atoms with E-state index in [1.807, 2.05) is 0 Å². The normalized spacial score (nSPS) is 12.2. The Hall–Kier alpha value is -0.680. The average molecular weight is 220 g/mol. The number of carbonyl (C=O) groups excluding carboxylic acids is 1. The van der Waals surface area contributed by atoms with E-state index in [1.54, 1.807) is 0 Å². The summed E-state index contributed by atoms with van der Waals surface area (Å²) >= 11 is 0. The topological polar surface area (TPSA) is 78.3 Å². The molecule has 0 aliphatic rings. The lowest BCUT2D eigenvalue weighted by Gasteiger charge is -2.32. The molecule has 0 spiro atoms. The lowest BCUT2D eigenvalue weighted by Crippen LogP contribution is -2.24. The third-order valence-electron chi connectivity index (χ3n) is 2.14. The first kappa shape index (κ1) is 13.3. The van der Waals surface area contributed by atoms with E-state index in [-0.39, 0.29) is 5.70 Å². The maximum atomic E-state index is 10.9. The van der Waals surface area contributed by atoms with Crippen molar-refractivity contribution in [1.29, 1.82) is 0 Å². The van der Waals surface area contributed by atoms with Crippen LogP contribution in [0.4, 0.5) is 0 Å². The molecule has 0 bridgehead atoms. The zero-order chi connectivity index (χ0) is 11.2. The van der Waals surface area contributed by atoms with Gasteiger partial charge in [0.1, 0.15) is 12.3 Å². The van der Waals surface area contributed by atoms with Gasteiger partial charge in [0, 0.05) is 5.75 Å². The minimum absolute atomic E-state index is 0.0596. The Morgan fingerprint density at radius 1 is 1.43 bits per heavy atom. The van der Waals surface area contributed by atoms with Crippen LogP contribution in [-0.2, 0) is 9.53 Å². The van der Waals surface area contributed by atoms with Gasteiger partial charge in [0.2, 0.25) is 0 Å². The minimum Gasteiger partial charge on any atom is -0.460 e. The molecule has 4 nitrogen and oxygen atoms in total. The van der Waals surface area contributed by atoms with E-state index < -0.39 is 16.2 Å². The predicted molar refractivity (Wildman–Crippen MR) is 62.0 cm³/mol. The maximum Gasteiger partial charge on any atom is 0.353 e. The second kappa shape index (κ2) is 5.93. The van der Waals surface area contributed by atoms with Crippen molar-refractivity contribution in [2.75, 3.05) is 23.9 Å². The first-order valence-electron chi connectivity index (χ1n) is 4.61. The maximum absolute atomic E-state index is 10.9. The minimum atomic E-state index is -1.08. The molecular formula is C9H20N2O2S. The molecule has 0 fully saturated rings. The fourth-order valence-corrected chi connectivity index (χ4v) is 2.29. The van der Waals surface area contributed by atoms with Gasteiger partial charge in [-0.3, -0.25) is 5.14 Å². The lowest BCUT2D eigenvalue weighted by molar-refractivity contribution is -0.138. The largest absolute Gasteiger partial charge is 0.460 e. The Balaban J connectivity index is 3.83. The van der Waals surface area contributed by atoms with Crippen molar-refractivity contribution in [2.24, 2.45) is 10.9 Å². The lowest BCUT2D eigenvalue weighted by atomic mass is 10.5. The SMILES string of the molecule is C=C(N)C(=O)OCCS(N)(CC)CC. The molecular weight excluding hydrogens is 200 g/mol. The Labute approximate surface area is 87.1 Å². The van der Waals surface area contributed by atoms with E-state index in [1.165, 1.54) is 0 Å². The zero-order valence-corrected chi connectivity index (χ0v) is 9.73. The molecule has 0 heterocycles. The molecule has 0 amide bonds. The molecule has 0 aromatic rings. The summed E-state index contributed by atoms with van der Waals surface area (Å²) < 4.78 is 4.88. The van der Waals surface area contributed by atoms with Gasteiger partial charge in [-0.25, -0.2) is 4.79 Å². The second-order valence-corrected chi connectivity index (χ2v) is 6.84. The summed E-state index contributed by atoms with van der Waals surface area (Å²) in [5, 5.41) is 6.10. The summed E-state index contributed by atoms with van der Waals surface area (Å²) in [5.74, 6) is 2.09. The van der Waals surface area contributed by atoms with E-state index in [4.69, 9.17) is 15.6 Å². The van der Waals surface area contributed by atoms with Crippen LogP contribution in [0.1, 0.15) is 13.8 Å². The summed E-state index contributed by atoms with van der Waals surface area (Å²) in [4.78, 5) is 10.9. The fourth-order valence-electron chi connectivity index (χ4n) is 0.886. The number of hydrogen-bond acceptors (Lipinski definition) is 4. The number of carbonyl (C=O) groups is 1. The van der Waals surface area contributed by atoms with Crippen LogP contribution >= 0.6 is 10.2 Å². The van der Waals surface area contributed by atoms with E-state index in [0.717, 1.165) is 17.3 Å². The van der Waals surface area contributed by atoms with Gasteiger partial charge in [-0.15, -0.1) is 0 Å².